The number of Topliss-reactive ketones (excluding diaryl/α,β-unsaturated/α-hetero) is 1. The number of hydrogen-bond donors (Lipinski definition) is 1. The van der Waals surface area contributed by atoms with Gasteiger partial charge >= 0.3 is 5.69 Å². The number of aromatic nitrogens is 2. The Morgan fingerprint density at radius 3 is 2.64 bits per heavy atom. The van der Waals surface area contributed by atoms with Crippen molar-refractivity contribution in [3.8, 4) is 11.5 Å². The number of fused-ring (bicyclic) bond motifs is 2. The second-order valence-corrected chi connectivity index (χ2v) is 7.31. The highest BCUT2D eigenvalue weighted by molar-refractivity contribution is 6.00. The Morgan fingerprint density at radius 2 is 1.82 bits per heavy atom. The maximum atomic E-state index is 13.1. The number of anilines is 1. The van der Waals surface area contributed by atoms with Gasteiger partial charge in [-0.1, -0.05) is 6.07 Å². The molecule has 1 aromatic heterocycles. The summed E-state index contributed by atoms with van der Waals surface area (Å²) in [6, 6.07) is 5.46. The quantitative estimate of drug-likeness (QED) is 0.802. The molecule has 0 spiro atoms. The summed E-state index contributed by atoms with van der Waals surface area (Å²) in [6.07, 6.45) is 1.89. The SMILES string of the molecule is Cn1c2c(c(=O)n(C)c1=O)[C@H](c1ccc3c(c1)OCO3)C1=C(CCCC1=O)N2. The van der Waals surface area contributed by atoms with Crippen molar-refractivity contribution in [3.05, 3.63) is 61.4 Å². The molecule has 1 atom stereocenters. The normalized spacial score (nSPS) is 19.9. The van der Waals surface area contributed by atoms with Gasteiger partial charge in [-0.25, -0.2) is 4.79 Å². The first-order chi connectivity index (χ1) is 13.5. The Morgan fingerprint density at radius 1 is 1.04 bits per heavy atom. The van der Waals surface area contributed by atoms with E-state index in [-0.39, 0.29) is 12.6 Å². The third kappa shape index (κ3) is 2.20. The molecule has 1 aliphatic carbocycles. The zero-order valence-electron chi connectivity index (χ0n) is 15.6. The fraction of sp³-hybridized carbons (Fsp3) is 0.350. The highest BCUT2D eigenvalue weighted by Crippen LogP contribution is 2.45. The molecule has 3 aliphatic rings. The summed E-state index contributed by atoms with van der Waals surface area (Å²) in [6.45, 7) is 0.144. The summed E-state index contributed by atoms with van der Waals surface area (Å²) in [5.74, 6) is 1.14. The maximum absolute atomic E-state index is 13.1. The second kappa shape index (κ2) is 5.85. The van der Waals surface area contributed by atoms with Gasteiger partial charge in [0.1, 0.15) is 5.82 Å². The number of ether oxygens (including phenoxy) is 2. The average Bonchev–Trinajstić information content (AvgIpc) is 3.17. The maximum Gasteiger partial charge on any atom is 0.332 e. The van der Waals surface area contributed by atoms with Gasteiger partial charge in [0.2, 0.25) is 6.79 Å². The van der Waals surface area contributed by atoms with Gasteiger partial charge in [0.25, 0.3) is 5.56 Å². The van der Waals surface area contributed by atoms with Crippen LogP contribution < -0.4 is 26.0 Å². The predicted molar refractivity (Wildman–Crippen MR) is 101 cm³/mol. The van der Waals surface area contributed by atoms with Crippen LogP contribution in [0.3, 0.4) is 0 Å². The highest BCUT2D eigenvalue weighted by atomic mass is 16.7. The molecule has 0 radical (unpaired) electrons. The Labute approximate surface area is 160 Å². The summed E-state index contributed by atoms with van der Waals surface area (Å²) in [4.78, 5) is 38.4. The van der Waals surface area contributed by atoms with Gasteiger partial charge in [-0.2, -0.15) is 0 Å². The molecular formula is C20H19N3O5. The van der Waals surface area contributed by atoms with Gasteiger partial charge in [0.15, 0.2) is 17.3 Å². The minimum Gasteiger partial charge on any atom is -0.454 e. The van der Waals surface area contributed by atoms with Crippen LogP contribution in [0.2, 0.25) is 0 Å². The molecule has 5 rings (SSSR count). The number of benzene rings is 1. The molecule has 0 amide bonds. The number of nitrogens with zero attached hydrogens (tertiary/aromatic N) is 2. The molecule has 2 aromatic rings. The smallest absolute Gasteiger partial charge is 0.332 e. The van der Waals surface area contributed by atoms with E-state index in [0.717, 1.165) is 22.2 Å². The van der Waals surface area contributed by atoms with Crippen LogP contribution >= 0.6 is 0 Å². The van der Waals surface area contributed by atoms with Crippen molar-refractivity contribution in [2.24, 2.45) is 14.1 Å². The van der Waals surface area contributed by atoms with Crippen molar-refractivity contribution in [1.82, 2.24) is 9.13 Å². The minimum atomic E-state index is -0.556. The minimum absolute atomic E-state index is 0.0259. The summed E-state index contributed by atoms with van der Waals surface area (Å²) < 4.78 is 13.4. The molecular weight excluding hydrogens is 362 g/mol. The molecule has 8 heteroatoms. The molecule has 144 valence electrons. The second-order valence-electron chi connectivity index (χ2n) is 7.31. The molecule has 1 N–H and O–H groups in total. The third-order valence-electron chi connectivity index (χ3n) is 5.73. The van der Waals surface area contributed by atoms with Crippen molar-refractivity contribution in [2.75, 3.05) is 12.1 Å². The monoisotopic (exact) mass is 381 g/mol. The lowest BCUT2D eigenvalue weighted by Gasteiger charge is -2.34. The Hall–Kier alpha value is -3.29. The number of allylic oxidation sites excluding steroid dienone is 2. The van der Waals surface area contributed by atoms with Crippen LogP contribution in [-0.4, -0.2) is 21.7 Å². The summed E-state index contributed by atoms with van der Waals surface area (Å²) in [5, 5.41) is 3.21. The number of carbonyl (C=O) groups is 1. The van der Waals surface area contributed by atoms with Crippen LogP contribution in [0, 0.1) is 0 Å². The fourth-order valence-electron chi connectivity index (χ4n) is 4.32. The lowest BCUT2D eigenvalue weighted by Crippen LogP contribution is -2.44. The van der Waals surface area contributed by atoms with E-state index >= 15 is 0 Å². The largest absolute Gasteiger partial charge is 0.454 e. The van der Waals surface area contributed by atoms with E-state index in [2.05, 4.69) is 5.32 Å². The van der Waals surface area contributed by atoms with E-state index in [1.54, 1.807) is 13.1 Å². The first kappa shape index (κ1) is 16.9. The molecule has 0 saturated carbocycles. The van der Waals surface area contributed by atoms with Crippen molar-refractivity contribution in [2.45, 2.75) is 25.2 Å². The molecule has 0 bridgehead atoms. The van der Waals surface area contributed by atoms with E-state index in [1.165, 1.54) is 11.6 Å². The van der Waals surface area contributed by atoms with Gasteiger partial charge in [-0.15, -0.1) is 0 Å². The Balaban J connectivity index is 1.83. The lowest BCUT2D eigenvalue weighted by atomic mass is 9.76. The van der Waals surface area contributed by atoms with Gasteiger partial charge in [-0.05, 0) is 30.5 Å². The van der Waals surface area contributed by atoms with E-state index in [4.69, 9.17) is 9.47 Å². The van der Waals surface area contributed by atoms with Crippen LogP contribution in [0.25, 0.3) is 0 Å². The van der Waals surface area contributed by atoms with Crippen molar-refractivity contribution in [3.63, 3.8) is 0 Å². The molecule has 28 heavy (non-hydrogen) atoms. The van der Waals surface area contributed by atoms with E-state index < -0.39 is 17.2 Å². The predicted octanol–water partition coefficient (Wildman–Crippen LogP) is 1.38. The first-order valence-electron chi connectivity index (χ1n) is 9.20. The molecule has 0 saturated heterocycles. The molecule has 8 nitrogen and oxygen atoms in total. The van der Waals surface area contributed by atoms with Gasteiger partial charge in [0.05, 0.1) is 5.56 Å². The first-order valence-corrected chi connectivity index (χ1v) is 9.20. The topological polar surface area (TPSA) is 91.6 Å². The zero-order chi connectivity index (χ0) is 19.6. The van der Waals surface area contributed by atoms with Crippen molar-refractivity contribution >= 4 is 11.6 Å². The average molecular weight is 381 g/mol. The number of carbonyl (C=O) groups excluding carboxylic acids is 1. The molecule has 3 heterocycles. The standard InChI is InChI=1S/C20H19N3O5/c1-22-18-17(19(25)23(2)20(22)26)15(16-11(21-18)4-3-5-12(16)24)10-6-7-13-14(8-10)28-9-27-13/h6-8,15,21H,3-5,9H2,1-2H3/t15-/m1/s1. The molecule has 1 aromatic carbocycles. The van der Waals surface area contributed by atoms with E-state index in [9.17, 15) is 14.4 Å². The summed E-state index contributed by atoms with van der Waals surface area (Å²) >= 11 is 0. The summed E-state index contributed by atoms with van der Waals surface area (Å²) in [7, 11) is 3.08. The van der Waals surface area contributed by atoms with Crippen LogP contribution in [-0.2, 0) is 18.9 Å². The lowest BCUT2D eigenvalue weighted by molar-refractivity contribution is -0.116. The van der Waals surface area contributed by atoms with Gasteiger partial charge in [0, 0.05) is 37.7 Å². The number of ketones is 1. The molecule has 2 aliphatic heterocycles. The Bertz CT molecular complexity index is 1190. The Kier molecular flexibility index (Phi) is 3.52. The molecule has 0 fully saturated rings. The van der Waals surface area contributed by atoms with Crippen LogP contribution in [0.1, 0.15) is 36.3 Å². The fourth-order valence-corrected chi connectivity index (χ4v) is 4.32. The van der Waals surface area contributed by atoms with Crippen LogP contribution in [0.4, 0.5) is 5.82 Å². The number of rotatable bonds is 1. The van der Waals surface area contributed by atoms with Crippen LogP contribution in [0.15, 0.2) is 39.1 Å². The van der Waals surface area contributed by atoms with E-state index in [1.807, 2.05) is 12.1 Å². The zero-order valence-corrected chi connectivity index (χ0v) is 15.6. The van der Waals surface area contributed by atoms with Gasteiger partial charge < -0.3 is 14.8 Å². The van der Waals surface area contributed by atoms with Crippen LogP contribution in [0.5, 0.6) is 11.5 Å². The highest BCUT2D eigenvalue weighted by Gasteiger charge is 2.39. The van der Waals surface area contributed by atoms with Gasteiger partial charge in [-0.3, -0.25) is 18.7 Å². The number of hydrogen-bond acceptors (Lipinski definition) is 6. The third-order valence-corrected chi connectivity index (χ3v) is 5.73. The van der Waals surface area contributed by atoms with Crippen molar-refractivity contribution < 1.29 is 14.3 Å². The molecule has 0 unspecified atom stereocenters. The van der Waals surface area contributed by atoms with Crippen molar-refractivity contribution in [1.29, 1.82) is 0 Å². The summed E-state index contributed by atoms with van der Waals surface area (Å²) in [5.41, 5.74) is 1.75. The van der Waals surface area contributed by atoms with E-state index in [0.29, 0.717) is 41.3 Å². The number of nitrogens with one attached hydrogen (secondary N) is 1.